The molecule has 4 N–H and O–H groups in total. The molecule has 1 atom stereocenters. The highest BCUT2D eigenvalue weighted by atomic mass is 16.4. The molecule has 1 rings (SSSR count). The van der Waals surface area contributed by atoms with Gasteiger partial charge in [-0.1, -0.05) is 115 Å². The van der Waals surface area contributed by atoms with Crippen molar-refractivity contribution in [3.8, 4) is 0 Å². The Balaban J connectivity index is -0.000000725. The van der Waals surface area contributed by atoms with Crippen LogP contribution in [0.5, 0.6) is 0 Å². The molecule has 7 heteroatoms. The van der Waals surface area contributed by atoms with E-state index in [0.717, 1.165) is 19.3 Å². The third-order valence-electron chi connectivity index (χ3n) is 5.48. The lowest BCUT2D eigenvalue weighted by molar-refractivity contribution is -0.141. The van der Waals surface area contributed by atoms with Gasteiger partial charge in [0.15, 0.2) is 0 Å². The number of rotatable bonds is 13. The molecule has 1 fully saturated rings. The zero-order valence-electron chi connectivity index (χ0n) is 27.2. The molecule has 7 nitrogen and oxygen atoms in total. The number of carboxylic acids is 1. The van der Waals surface area contributed by atoms with E-state index in [1.165, 1.54) is 57.1 Å². The van der Waals surface area contributed by atoms with Gasteiger partial charge in [0.2, 0.25) is 11.8 Å². The van der Waals surface area contributed by atoms with Gasteiger partial charge >= 0.3 is 5.97 Å². The minimum Gasteiger partial charge on any atom is -0.513 e. The minimum absolute atomic E-state index is 0.00704. The van der Waals surface area contributed by atoms with Gasteiger partial charge in [0.25, 0.3) is 0 Å². The maximum Gasteiger partial charge on any atom is 0.326 e. The van der Waals surface area contributed by atoms with E-state index in [4.69, 9.17) is 0 Å². The Morgan fingerprint density at radius 2 is 1.41 bits per heavy atom. The van der Waals surface area contributed by atoms with Gasteiger partial charge in [-0.3, -0.25) is 9.59 Å². The van der Waals surface area contributed by atoms with Crippen LogP contribution in [0.25, 0.3) is 0 Å². The summed E-state index contributed by atoms with van der Waals surface area (Å²) in [7, 11) is 0. The van der Waals surface area contributed by atoms with Gasteiger partial charge < -0.3 is 20.8 Å². The van der Waals surface area contributed by atoms with E-state index < -0.39 is 17.9 Å². The molecular formula is C34H60N2O5. The molecule has 41 heavy (non-hydrogen) atoms. The van der Waals surface area contributed by atoms with Crippen LogP contribution in [0.2, 0.25) is 0 Å². The zero-order chi connectivity index (χ0) is 31.9. The number of hydrogen-bond acceptors (Lipinski definition) is 4. The average molecular weight is 577 g/mol. The Bertz CT molecular complexity index is 815. The SMILES string of the molecule is C1CCCCC1.CC.CC/C=C\C=C(C)C.C\C=C/C=C(\C=C(/C)O)CC(NC(=O)CNC(=O)CCCC)C(=O)O. The monoisotopic (exact) mass is 576 g/mol. The summed E-state index contributed by atoms with van der Waals surface area (Å²) in [5.74, 6) is -1.97. The predicted octanol–water partition coefficient (Wildman–Crippen LogP) is 8.50. The van der Waals surface area contributed by atoms with Crippen LogP contribution in [0.4, 0.5) is 0 Å². The van der Waals surface area contributed by atoms with Crippen molar-refractivity contribution < 1.29 is 24.6 Å². The highest BCUT2D eigenvalue weighted by molar-refractivity contribution is 5.88. The van der Waals surface area contributed by atoms with Crippen LogP contribution in [-0.2, 0) is 14.4 Å². The summed E-state index contributed by atoms with van der Waals surface area (Å²) in [5, 5.41) is 23.5. The van der Waals surface area contributed by atoms with Crippen LogP contribution in [0.1, 0.15) is 126 Å². The standard InChI is InChI=1S/C18H28N2O5.C8H14.C6H12.C2H6/c1-4-6-8-14(10-13(3)21)11-15(18(24)25)20-17(23)12-19-16(22)9-7-5-2;1-4-5-6-7-8(2)3;1-2-4-6-5-3-1;1-2/h4,6,8,10,15,21H,5,7,9,11-12H2,1-3H3,(H,19,22)(H,20,23)(H,24,25);5-7H,4H2,1-3H3;1-6H2;1-2H3/b6-4-,13-10+,14-8+;6-5-;;. The van der Waals surface area contributed by atoms with E-state index in [2.05, 4.69) is 49.6 Å². The van der Waals surface area contributed by atoms with Crippen molar-refractivity contribution in [2.24, 2.45) is 0 Å². The van der Waals surface area contributed by atoms with Crippen LogP contribution < -0.4 is 10.6 Å². The molecule has 0 saturated heterocycles. The molecule has 0 aromatic rings. The summed E-state index contributed by atoms with van der Waals surface area (Å²) in [6.07, 6.45) is 25.0. The third-order valence-corrected chi connectivity index (χ3v) is 5.48. The number of aliphatic carboxylic acids is 1. The van der Waals surface area contributed by atoms with Gasteiger partial charge in [0.05, 0.1) is 12.3 Å². The lowest BCUT2D eigenvalue weighted by Gasteiger charge is -2.15. The molecule has 1 saturated carbocycles. The number of allylic oxidation sites excluding steroid dienone is 9. The topological polar surface area (TPSA) is 116 Å². The first-order valence-corrected chi connectivity index (χ1v) is 15.3. The number of nitrogens with one attached hydrogen (secondary N) is 2. The molecule has 2 amide bonds. The first-order valence-electron chi connectivity index (χ1n) is 15.3. The Hall–Kier alpha value is -3.09. The van der Waals surface area contributed by atoms with Crippen LogP contribution in [-0.4, -0.2) is 40.6 Å². The number of aliphatic hydroxyl groups excluding tert-OH is 1. The summed E-state index contributed by atoms with van der Waals surface area (Å²) in [6, 6.07) is -1.16. The van der Waals surface area contributed by atoms with Crippen molar-refractivity contribution in [1.29, 1.82) is 0 Å². The molecule has 0 aromatic heterocycles. The van der Waals surface area contributed by atoms with Crippen LogP contribution >= 0.6 is 0 Å². The number of amides is 2. The molecule has 236 valence electrons. The molecule has 1 unspecified atom stereocenters. The fraction of sp³-hybridized carbons (Fsp3) is 0.618. The minimum atomic E-state index is -1.19. The maximum atomic E-state index is 11.9. The van der Waals surface area contributed by atoms with Gasteiger partial charge in [0.1, 0.15) is 6.04 Å². The highest BCUT2D eigenvalue weighted by Gasteiger charge is 2.21. The molecule has 0 aliphatic heterocycles. The van der Waals surface area contributed by atoms with Crippen molar-refractivity contribution in [2.45, 2.75) is 132 Å². The molecule has 1 aliphatic rings. The molecule has 1 aliphatic carbocycles. The number of hydrogen-bond donors (Lipinski definition) is 4. The highest BCUT2D eigenvalue weighted by Crippen LogP contribution is 2.15. The maximum absolute atomic E-state index is 11.9. The van der Waals surface area contributed by atoms with Gasteiger partial charge in [-0.25, -0.2) is 4.79 Å². The fourth-order valence-electron chi connectivity index (χ4n) is 3.41. The van der Waals surface area contributed by atoms with E-state index in [1.54, 1.807) is 25.2 Å². The smallest absolute Gasteiger partial charge is 0.326 e. The predicted molar refractivity (Wildman–Crippen MR) is 174 cm³/mol. The fourth-order valence-corrected chi connectivity index (χ4v) is 3.41. The number of aliphatic hydroxyl groups is 1. The van der Waals surface area contributed by atoms with Crippen LogP contribution in [0.3, 0.4) is 0 Å². The Kier molecular flexibility index (Phi) is 32.5. The first kappa shape index (κ1) is 42.4. The van der Waals surface area contributed by atoms with E-state index in [1.807, 2.05) is 20.8 Å². The summed E-state index contributed by atoms with van der Waals surface area (Å²) in [5.41, 5.74) is 1.91. The number of carbonyl (C=O) groups is 3. The molecule has 0 heterocycles. The number of carbonyl (C=O) groups excluding carboxylic acids is 2. The summed E-state index contributed by atoms with van der Waals surface area (Å²) in [6.45, 7) is 15.3. The van der Waals surface area contributed by atoms with Crippen LogP contribution in [0, 0.1) is 0 Å². The Morgan fingerprint density at radius 3 is 1.83 bits per heavy atom. The second kappa shape index (κ2) is 31.4. The van der Waals surface area contributed by atoms with Crippen molar-refractivity contribution in [3.63, 3.8) is 0 Å². The second-order valence-corrected chi connectivity index (χ2v) is 9.80. The van der Waals surface area contributed by atoms with Crippen LogP contribution in [0.15, 0.2) is 59.4 Å². The zero-order valence-corrected chi connectivity index (χ0v) is 27.2. The normalized spacial score (nSPS) is 13.9. The summed E-state index contributed by atoms with van der Waals surface area (Å²) < 4.78 is 0. The van der Waals surface area contributed by atoms with Gasteiger partial charge in [0, 0.05) is 12.8 Å². The lowest BCUT2D eigenvalue weighted by Crippen LogP contribution is -2.45. The van der Waals surface area contributed by atoms with Crippen molar-refractivity contribution in [2.75, 3.05) is 6.54 Å². The summed E-state index contributed by atoms with van der Waals surface area (Å²) >= 11 is 0. The van der Waals surface area contributed by atoms with Crippen molar-refractivity contribution >= 4 is 17.8 Å². The van der Waals surface area contributed by atoms with Gasteiger partial charge in [-0.05, 0) is 52.2 Å². The van der Waals surface area contributed by atoms with Crippen molar-refractivity contribution in [1.82, 2.24) is 10.6 Å². The lowest BCUT2D eigenvalue weighted by atomic mass is 10.0. The molecule has 0 spiro atoms. The number of unbranched alkanes of at least 4 members (excludes halogenated alkanes) is 1. The van der Waals surface area contributed by atoms with Gasteiger partial charge in [-0.15, -0.1) is 0 Å². The quantitative estimate of drug-likeness (QED) is 0.130. The van der Waals surface area contributed by atoms with Crippen molar-refractivity contribution in [3.05, 3.63) is 59.4 Å². The van der Waals surface area contributed by atoms with E-state index in [0.29, 0.717) is 12.0 Å². The molecule has 0 aromatic carbocycles. The molecule has 0 radical (unpaired) electrons. The van der Waals surface area contributed by atoms with E-state index >= 15 is 0 Å². The average Bonchev–Trinajstić information content (AvgIpc) is 2.95. The van der Waals surface area contributed by atoms with Gasteiger partial charge in [-0.2, -0.15) is 0 Å². The van der Waals surface area contributed by atoms with E-state index in [9.17, 15) is 24.6 Å². The first-order chi connectivity index (χ1) is 19.6. The Morgan fingerprint density at radius 1 is 0.854 bits per heavy atom. The number of carboxylic acid groups (broad SMARTS) is 1. The Labute approximate surface area is 251 Å². The van der Waals surface area contributed by atoms with E-state index in [-0.39, 0.29) is 24.6 Å². The molecular weight excluding hydrogens is 516 g/mol. The molecule has 0 bridgehead atoms. The summed E-state index contributed by atoms with van der Waals surface area (Å²) in [4.78, 5) is 34.7. The third kappa shape index (κ3) is 33.0. The second-order valence-electron chi connectivity index (χ2n) is 9.80. The largest absolute Gasteiger partial charge is 0.513 e.